The number of carbonyl (C=O) groups excluding carboxylic acids is 1. The number of benzene rings is 1. The monoisotopic (exact) mass is 334 g/mol. The summed E-state index contributed by atoms with van der Waals surface area (Å²) >= 11 is 0. The van der Waals surface area contributed by atoms with Crippen molar-refractivity contribution in [2.24, 2.45) is 0 Å². The Morgan fingerprint density at radius 3 is 2.52 bits per heavy atom. The van der Waals surface area contributed by atoms with E-state index in [4.69, 9.17) is 0 Å². The number of pyridine rings is 1. The molecule has 5 nitrogen and oxygen atoms in total. The Kier molecular flexibility index (Phi) is 4.93. The van der Waals surface area contributed by atoms with Crippen molar-refractivity contribution in [3.8, 4) is 5.69 Å². The van der Waals surface area contributed by atoms with Crippen LogP contribution in [-0.4, -0.2) is 20.7 Å². The molecule has 0 atom stereocenters. The highest BCUT2D eigenvalue weighted by molar-refractivity contribution is 5.91. The number of nitrogens with one attached hydrogen (secondary N) is 1. The second-order valence-electron chi connectivity index (χ2n) is 6.24. The average molecular weight is 334 g/mol. The number of aromatic nitrogens is 3. The zero-order valence-electron chi connectivity index (χ0n) is 14.8. The molecule has 0 radical (unpaired) electrons. The van der Waals surface area contributed by atoms with Crippen LogP contribution < -0.4 is 5.32 Å². The molecule has 2 aromatic heterocycles. The molecule has 3 rings (SSSR count). The number of anilines is 1. The topological polar surface area (TPSA) is 59.8 Å². The number of rotatable bonds is 5. The van der Waals surface area contributed by atoms with E-state index in [-0.39, 0.29) is 5.91 Å². The van der Waals surface area contributed by atoms with Crippen LogP contribution in [0.25, 0.3) is 5.69 Å². The molecule has 3 aromatic rings. The first-order valence-corrected chi connectivity index (χ1v) is 8.36. The predicted octanol–water partition coefficient (Wildman–Crippen LogP) is 3.76. The molecule has 5 heteroatoms. The highest BCUT2D eigenvalue weighted by Gasteiger charge is 2.07. The number of carbonyl (C=O) groups is 1. The maximum atomic E-state index is 12.1. The van der Waals surface area contributed by atoms with Crippen LogP contribution in [0.15, 0.2) is 48.8 Å². The number of nitrogens with zero attached hydrogens (tertiary/aromatic N) is 3. The van der Waals surface area contributed by atoms with Gasteiger partial charge in [0.05, 0.1) is 23.3 Å². The van der Waals surface area contributed by atoms with E-state index in [1.54, 1.807) is 12.4 Å². The molecule has 1 N–H and O–H groups in total. The Morgan fingerprint density at radius 1 is 1.12 bits per heavy atom. The molecule has 128 valence electrons. The maximum absolute atomic E-state index is 12.1. The van der Waals surface area contributed by atoms with E-state index in [2.05, 4.69) is 21.5 Å². The van der Waals surface area contributed by atoms with Gasteiger partial charge in [-0.3, -0.25) is 9.78 Å². The van der Waals surface area contributed by atoms with Crippen molar-refractivity contribution >= 4 is 11.6 Å². The SMILES string of the molecule is Cc1cc(C)n(-c2ccc(CCC(=O)Nc3cnccc3C)cc2)n1. The average Bonchev–Trinajstić information content (AvgIpc) is 2.94. The lowest BCUT2D eigenvalue weighted by molar-refractivity contribution is -0.116. The van der Waals surface area contributed by atoms with Crippen LogP contribution in [0.1, 0.15) is 28.9 Å². The lowest BCUT2D eigenvalue weighted by atomic mass is 10.1. The van der Waals surface area contributed by atoms with Gasteiger partial charge in [0, 0.05) is 18.3 Å². The smallest absolute Gasteiger partial charge is 0.224 e. The predicted molar refractivity (Wildman–Crippen MR) is 99.0 cm³/mol. The quantitative estimate of drug-likeness (QED) is 0.773. The Labute approximate surface area is 147 Å². The van der Waals surface area contributed by atoms with Gasteiger partial charge in [-0.05, 0) is 62.6 Å². The first-order valence-electron chi connectivity index (χ1n) is 8.36. The Morgan fingerprint density at radius 2 is 1.88 bits per heavy atom. The van der Waals surface area contributed by atoms with E-state index in [0.29, 0.717) is 12.8 Å². The van der Waals surface area contributed by atoms with Crippen LogP contribution >= 0.6 is 0 Å². The van der Waals surface area contributed by atoms with Crippen LogP contribution in [0.3, 0.4) is 0 Å². The van der Waals surface area contributed by atoms with Gasteiger partial charge in [0.2, 0.25) is 5.91 Å². The second kappa shape index (κ2) is 7.30. The summed E-state index contributed by atoms with van der Waals surface area (Å²) in [7, 11) is 0. The molecule has 0 spiro atoms. The summed E-state index contributed by atoms with van der Waals surface area (Å²) in [4.78, 5) is 16.2. The minimum Gasteiger partial charge on any atom is -0.325 e. The number of amides is 1. The molecule has 0 aliphatic carbocycles. The normalized spacial score (nSPS) is 10.7. The van der Waals surface area contributed by atoms with Crippen molar-refractivity contribution in [2.45, 2.75) is 33.6 Å². The van der Waals surface area contributed by atoms with Crippen LogP contribution in [0.2, 0.25) is 0 Å². The summed E-state index contributed by atoms with van der Waals surface area (Å²) in [6.07, 6.45) is 4.53. The fourth-order valence-electron chi connectivity index (χ4n) is 2.76. The van der Waals surface area contributed by atoms with Crippen LogP contribution in [-0.2, 0) is 11.2 Å². The lowest BCUT2D eigenvalue weighted by Crippen LogP contribution is -2.13. The van der Waals surface area contributed by atoms with Gasteiger partial charge in [-0.2, -0.15) is 5.10 Å². The summed E-state index contributed by atoms with van der Waals surface area (Å²) in [6.45, 7) is 5.98. The third-order valence-electron chi connectivity index (χ3n) is 4.14. The molecule has 0 fully saturated rings. The van der Waals surface area contributed by atoms with Crippen LogP contribution in [0.5, 0.6) is 0 Å². The largest absolute Gasteiger partial charge is 0.325 e. The van der Waals surface area contributed by atoms with Crippen molar-refractivity contribution in [3.05, 3.63) is 71.3 Å². The summed E-state index contributed by atoms with van der Waals surface area (Å²) in [5, 5.41) is 7.40. The third-order valence-corrected chi connectivity index (χ3v) is 4.14. The standard InChI is InChI=1S/C20H22N4O/c1-14-10-11-21-13-19(14)22-20(25)9-6-17-4-7-18(8-5-17)24-16(3)12-15(2)23-24/h4-5,7-8,10-13H,6,9H2,1-3H3,(H,22,25). The minimum atomic E-state index is -0.00118. The summed E-state index contributed by atoms with van der Waals surface area (Å²) in [5.74, 6) is -0.00118. The molecule has 1 amide bonds. The molecule has 1 aromatic carbocycles. The van der Waals surface area contributed by atoms with Gasteiger partial charge in [0.1, 0.15) is 0 Å². The highest BCUT2D eigenvalue weighted by atomic mass is 16.1. The van der Waals surface area contributed by atoms with Crippen molar-refractivity contribution in [3.63, 3.8) is 0 Å². The van der Waals surface area contributed by atoms with Crippen LogP contribution in [0, 0.1) is 20.8 Å². The van der Waals surface area contributed by atoms with E-state index >= 15 is 0 Å². The summed E-state index contributed by atoms with van der Waals surface area (Å²) in [5.41, 5.74) is 6.05. The van der Waals surface area contributed by atoms with E-state index in [1.165, 1.54) is 0 Å². The lowest BCUT2D eigenvalue weighted by Gasteiger charge is -2.08. The molecule has 0 unspecified atom stereocenters. The van der Waals surface area contributed by atoms with Gasteiger partial charge in [-0.25, -0.2) is 4.68 Å². The molecule has 0 aliphatic heterocycles. The Balaban J connectivity index is 1.59. The van der Waals surface area contributed by atoms with E-state index in [1.807, 2.05) is 55.8 Å². The third kappa shape index (κ3) is 4.12. The summed E-state index contributed by atoms with van der Waals surface area (Å²) in [6, 6.07) is 12.1. The molecule has 0 aliphatic rings. The van der Waals surface area contributed by atoms with E-state index < -0.39 is 0 Å². The Bertz CT molecular complexity index is 881. The molecule has 25 heavy (non-hydrogen) atoms. The highest BCUT2D eigenvalue weighted by Crippen LogP contribution is 2.15. The van der Waals surface area contributed by atoms with Crippen molar-refractivity contribution < 1.29 is 4.79 Å². The minimum absolute atomic E-state index is 0.00118. The fraction of sp³-hybridized carbons (Fsp3) is 0.250. The maximum Gasteiger partial charge on any atom is 0.224 e. The van der Waals surface area contributed by atoms with Gasteiger partial charge in [-0.15, -0.1) is 0 Å². The van der Waals surface area contributed by atoms with Gasteiger partial charge < -0.3 is 5.32 Å². The fourth-order valence-corrected chi connectivity index (χ4v) is 2.76. The molecular formula is C20H22N4O. The second-order valence-corrected chi connectivity index (χ2v) is 6.24. The molecule has 2 heterocycles. The van der Waals surface area contributed by atoms with E-state index in [9.17, 15) is 4.79 Å². The number of aryl methyl sites for hydroxylation is 4. The first kappa shape index (κ1) is 16.9. The van der Waals surface area contributed by atoms with Gasteiger partial charge >= 0.3 is 0 Å². The number of hydrogen-bond acceptors (Lipinski definition) is 3. The molecule has 0 saturated heterocycles. The van der Waals surface area contributed by atoms with Crippen molar-refractivity contribution in [2.75, 3.05) is 5.32 Å². The van der Waals surface area contributed by atoms with Crippen molar-refractivity contribution in [1.29, 1.82) is 0 Å². The van der Waals surface area contributed by atoms with Gasteiger partial charge in [-0.1, -0.05) is 12.1 Å². The first-order chi connectivity index (χ1) is 12.0. The zero-order valence-corrected chi connectivity index (χ0v) is 14.8. The zero-order chi connectivity index (χ0) is 17.8. The number of hydrogen-bond donors (Lipinski definition) is 1. The molecule has 0 saturated carbocycles. The van der Waals surface area contributed by atoms with Gasteiger partial charge in [0.15, 0.2) is 0 Å². The Hall–Kier alpha value is -2.95. The van der Waals surface area contributed by atoms with E-state index in [0.717, 1.165) is 33.9 Å². The molecule has 0 bridgehead atoms. The summed E-state index contributed by atoms with van der Waals surface area (Å²) < 4.78 is 1.93. The van der Waals surface area contributed by atoms with Crippen LogP contribution in [0.4, 0.5) is 5.69 Å². The van der Waals surface area contributed by atoms with Crippen molar-refractivity contribution in [1.82, 2.24) is 14.8 Å². The van der Waals surface area contributed by atoms with Gasteiger partial charge in [0.25, 0.3) is 0 Å². The molecular weight excluding hydrogens is 312 g/mol.